The predicted molar refractivity (Wildman–Crippen MR) is 141 cm³/mol. The number of hydrogen-bond acceptors (Lipinski definition) is 6. The molecule has 176 valence electrons. The van der Waals surface area contributed by atoms with Crippen LogP contribution in [0.15, 0.2) is 41.7 Å². The maximum absolute atomic E-state index is 5.78. The van der Waals surface area contributed by atoms with Crippen molar-refractivity contribution in [1.29, 1.82) is 0 Å². The number of piperazine rings is 1. The molecule has 0 atom stereocenters. The maximum Gasteiger partial charge on any atom is 0.225 e. The second kappa shape index (κ2) is 14.1. The van der Waals surface area contributed by atoms with Gasteiger partial charge in [-0.1, -0.05) is 12.1 Å². The van der Waals surface area contributed by atoms with Crippen LogP contribution in [-0.4, -0.2) is 73.2 Å². The average Bonchev–Trinajstić information content (AvgIpc) is 2.80. The smallest absolute Gasteiger partial charge is 0.225 e. The molecule has 32 heavy (non-hydrogen) atoms. The number of anilines is 1. The Morgan fingerprint density at radius 1 is 1.09 bits per heavy atom. The number of guanidine groups is 1. The molecule has 0 radical (unpaired) electrons. The lowest BCUT2D eigenvalue weighted by atomic mass is 10.1. The second-order valence-corrected chi connectivity index (χ2v) is 7.54. The van der Waals surface area contributed by atoms with Gasteiger partial charge in [-0.2, -0.15) is 0 Å². The van der Waals surface area contributed by atoms with Crippen LogP contribution >= 0.6 is 24.0 Å². The standard InChI is InChI=1S/C23H35N7O.HI/c1-4-24-22(28-18-20-8-7-19(3)17-21(20)31-5-2)25-11-12-29-13-15-30(16-14-29)23-26-9-6-10-27-23;/h6-10,17H,4-5,11-16,18H2,1-3H3,(H2,24,25,28);1H. The van der Waals surface area contributed by atoms with Crippen molar-refractivity contribution in [3.05, 3.63) is 47.8 Å². The fraction of sp³-hybridized carbons (Fsp3) is 0.522. The van der Waals surface area contributed by atoms with E-state index in [2.05, 4.69) is 62.4 Å². The Balaban J connectivity index is 0.00000363. The number of nitrogens with zero attached hydrogens (tertiary/aromatic N) is 5. The van der Waals surface area contributed by atoms with Gasteiger partial charge < -0.3 is 20.3 Å². The van der Waals surface area contributed by atoms with Crippen molar-refractivity contribution in [3.63, 3.8) is 0 Å². The Morgan fingerprint density at radius 2 is 1.84 bits per heavy atom. The van der Waals surface area contributed by atoms with E-state index in [-0.39, 0.29) is 24.0 Å². The van der Waals surface area contributed by atoms with Crippen molar-refractivity contribution < 1.29 is 4.74 Å². The van der Waals surface area contributed by atoms with E-state index in [1.165, 1.54) is 5.56 Å². The molecule has 2 aromatic rings. The van der Waals surface area contributed by atoms with Gasteiger partial charge in [-0.05, 0) is 38.5 Å². The van der Waals surface area contributed by atoms with E-state index < -0.39 is 0 Å². The summed E-state index contributed by atoms with van der Waals surface area (Å²) in [6.07, 6.45) is 3.60. The van der Waals surface area contributed by atoms with E-state index in [1.807, 2.05) is 13.0 Å². The van der Waals surface area contributed by atoms with Crippen LogP contribution in [0.1, 0.15) is 25.0 Å². The molecule has 0 aliphatic carbocycles. The largest absolute Gasteiger partial charge is 0.494 e. The van der Waals surface area contributed by atoms with Crippen molar-refractivity contribution in [2.75, 3.05) is 57.3 Å². The molecule has 8 nitrogen and oxygen atoms in total. The summed E-state index contributed by atoms with van der Waals surface area (Å²) in [5, 5.41) is 6.80. The zero-order chi connectivity index (χ0) is 21.9. The lowest BCUT2D eigenvalue weighted by molar-refractivity contribution is 0.260. The van der Waals surface area contributed by atoms with Gasteiger partial charge in [0.05, 0.1) is 13.2 Å². The number of aliphatic imine (C=N–C) groups is 1. The molecule has 9 heteroatoms. The fourth-order valence-electron chi connectivity index (χ4n) is 3.55. The number of rotatable bonds is 9. The molecule has 1 aromatic heterocycles. The van der Waals surface area contributed by atoms with Crippen LogP contribution in [0.25, 0.3) is 0 Å². The normalized spacial score (nSPS) is 14.6. The molecule has 2 N–H and O–H groups in total. The molecule has 2 heterocycles. The first-order valence-electron chi connectivity index (χ1n) is 11.2. The van der Waals surface area contributed by atoms with Crippen LogP contribution in [0.3, 0.4) is 0 Å². The lowest BCUT2D eigenvalue weighted by Gasteiger charge is -2.34. The fourth-order valence-corrected chi connectivity index (χ4v) is 3.55. The summed E-state index contributed by atoms with van der Waals surface area (Å²) in [5.74, 6) is 2.58. The highest BCUT2D eigenvalue weighted by Crippen LogP contribution is 2.21. The first-order chi connectivity index (χ1) is 15.2. The highest BCUT2D eigenvalue weighted by molar-refractivity contribution is 14.0. The monoisotopic (exact) mass is 553 g/mol. The first kappa shape index (κ1) is 26.1. The van der Waals surface area contributed by atoms with Crippen molar-refractivity contribution in [2.24, 2.45) is 4.99 Å². The summed E-state index contributed by atoms with van der Waals surface area (Å²) in [6, 6.07) is 8.14. The van der Waals surface area contributed by atoms with Gasteiger partial charge in [0.2, 0.25) is 5.95 Å². The Hall–Kier alpha value is -2.14. The predicted octanol–water partition coefficient (Wildman–Crippen LogP) is 2.68. The zero-order valence-corrected chi connectivity index (χ0v) is 21.7. The van der Waals surface area contributed by atoms with Gasteiger partial charge in [-0.25, -0.2) is 15.0 Å². The SMILES string of the molecule is CCNC(=NCc1ccc(C)cc1OCC)NCCN1CCN(c2ncccn2)CC1.I. The summed E-state index contributed by atoms with van der Waals surface area (Å²) < 4.78 is 5.78. The summed E-state index contributed by atoms with van der Waals surface area (Å²) in [4.78, 5) is 18.2. The molecule has 1 aliphatic heterocycles. The van der Waals surface area contributed by atoms with Gasteiger partial charge >= 0.3 is 0 Å². The van der Waals surface area contributed by atoms with Crippen molar-refractivity contribution in [3.8, 4) is 5.75 Å². The average molecular weight is 553 g/mol. The first-order valence-corrected chi connectivity index (χ1v) is 11.2. The van der Waals surface area contributed by atoms with Gasteiger partial charge in [0.15, 0.2) is 5.96 Å². The highest BCUT2D eigenvalue weighted by atomic mass is 127. The molecule has 1 saturated heterocycles. The van der Waals surface area contributed by atoms with Crippen LogP contribution in [-0.2, 0) is 6.54 Å². The third-order valence-electron chi connectivity index (χ3n) is 5.20. The molecule has 1 aromatic carbocycles. The topological polar surface area (TPSA) is 77.9 Å². The van der Waals surface area contributed by atoms with Gasteiger partial charge in [-0.3, -0.25) is 4.90 Å². The Morgan fingerprint density at radius 3 is 2.53 bits per heavy atom. The van der Waals surface area contributed by atoms with Gasteiger partial charge in [-0.15, -0.1) is 24.0 Å². The quantitative estimate of drug-likeness (QED) is 0.281. The molecular formula is C23H36IN7O. The third kappa shape index (κ3) is 8.09. The molecule has 0 amide bonds. The van der Waals surface area contributed by atoms with E-state index in [9.17, 15) is 0 Å². The van der Waals surface area contributed by atoms with Crippen LogP contribution in [0.4, 0.5) is 5.95 Å². The molecule has 0 saturated carbocycles. The third-order valence-corrected chi connectivity index (χ3v) is 5.20. The number of halogens is 1. The number of ether oxygens (including phenoxy) is 1. The highest BCUT2D eigenvalue weighted by Gasteiger charge is 2.18. The minimum atomic E-state index is 0. The number of benzene rings is 1. The van der Waals surface area contributed by atoms with Crippen molar-refractivity contribution in [1.82, 2.24) is 25.5 Å². The molecule has 0 bridgehead atoms. The molecule has 1 aliphatic rings. The number of nitrogens with one attached hydrogen (secondary N) is 2. The Kier molecular flexibility index (Phi) is 11.5. The Labute approximate surface area is 208 Å². The van der Waals surface area contributed by atoms with Gasteiger partial charge in [0, 0.05) is 63.8 Å². The van der Waals surface area contributed by atoms with E-state index in [0.29, 0.717) is 13.2 Å². The minimum Gasteiger partial charge on any atom is -0.494 e. The maximum atomic E-state index is 5.78. The van der Waals surface area contributed by atoms with E-state index in [0.717, 1.165) is 69.0 Å². The molecule has 1 fully saturated rings. The van der Waals surface area contributed by atoms with E-state index in [1.54, 1.807) is 12.4 Å². The van der Waals surface area contributed by atoms with Crippen molar-refractivity contribution in [2.45, 2.75) is 27.3 Å². The van der Waals surface area contributed by atoms with E-state index in [4.69, 9.17) is 9.73 Å². The number of hydrogen-bond donors (Lipinski definition) is 2. The lowest BCUT2D eigenvalue weighted by Crippen LogP contribution is -2.49. The van der Waals surface area contributed by atoms with Crippen LogP contribution in [0.2, 0.25) is 0 Å². The number of aryl methyl sites for hydroxylation is 1. The number of aromatic nitrogens is 2. The molecule has 0 spiro atoms. The minimum absolute atomic E-state index is 0. The van der Waals surface area contributed by atoms with Crippen molar-refractivity contribution >= 4 is 35.9 Å². The Bertz CT molecular complexity index is 826. The summed E-state index contributed by atoms with van der Waals surface area (Å²) >= 11 is 0. The summed E-state index contributed by atoms with van der Waals surface area (Å²) in [6.45, 7) is 14.0. The summed E-state index contributed by atoms with van der Waals surface area (Å²) in [7, 11) is 0. The molecular weight excluding hydrogens is 517 g/mol. The molecule has 0 unspecified atom stereocenters. The van der Waals surface area contributed by atoms with Crippen LogP contribution in [0, 0.1) is 6.92 Å². The van der Waals surface area contributed by atoms with Crippen LogP contribution in [0.5, 0.6) is 5.75 Å². The zero-order valence-electron chi connectivity index (χ0n) is 19.4. The van der Waals surface area contributed by atoms with E-state index >= 15 is 0 Å². The second-order valence-electron chi connectivity index (χ2n) is 7.54. The van der Waals surface area contributed by atoms with Crippen LogP contribution < -0.4 is 20.3 Å². The van der Waals surface area contributed by atoms with Gasteiger partial charge in [0.25, 0.3) is 0 Å². The molecule has 3 rings (SSSR count). The summed E-state index contributed by atoms with van der Waals surface area (Å²) in [5.41, 5.74) is 2.30. The van der Waals surface area contributed by atoms with Gasteiger partial charge in [0.1, 0.15) is 5.75 Å².